The van der Waals surface area contributed by atoms with E-state index in [9.17, 15) is 19.6 Å². The molecule has 0 radical (unpaired) electrons. The first-order chi connectivity index (χ1) is 8.94. The van der Waals surface area contributed by atoms with Gasteiger partial charge in [-0.2, -0.15) is 0 Å². The highest BCUT2D eigenvalue weighted by Crippen LogP contribution is 2.43. The minimum atomic E-state index is -3.66. The van der Waals surface area contributed by atoms with E-state index in [2.05, 4.69) is 6.92 Å². The van der Waals surface area contributed by atoms with Crippen molar-refractivity contribution in [2.45, 2.75) is 32.6 Å². The van der Waals surface area contributed by atoms with Crippen molar-refractivity contribution < 1.29 is 18.9 Å². The number of nitro groups is 1. The standard InChI is InChI=1S/C12H18NO5P/c1-2-3-4-5-10-19(16,17)18-12-8-6-11(7-9-12)13(14)15/h6-9H,2-5,10H2,1H3,(H,16,17). The van der Waals surface area contributed by atoms with E-state index in [0.29, 0.717) is 6.42 Å². The van der Waals surface area contributed by atoms with Crippen LogP contribution in [0.25, 0.3) is 0 Å². The monoisotopic (exact) mass is 287 g/mol. The van der Waals surface area contributed by atoms with Crippen LogP contribution < -0.4 is 4.52 Å². The molecule has 106 valence electrons. The molecule has 6 nitrogen and oxygen atoms in total. The summed E-state index contributed by atoms with van der Waals surface area (Å²) in [7, 11) is -3.66. The summed E-state index contributed by atoms with van der Waals surface area (Å²) >= 11 is 0. The van der Waals surface area contributed by atoms with Gasteiger partial charge in [-0.15, -0.1) is 0 Å². The number of hydrogen-bond acceptors (Lipinski definition) is 4. The number of nitro benzene ring substituents is 1. The second kappa shape index (κ2) is 7.26. The number of hydrogen-bond donors (Lipinski definition) is 1. The van der Waals surface area contributed by atoms with E-state index in [1.165, 1.54) is 24.3 Å². The van der Waals surface area contributed by atoms with Gasteiger partial charge in [0.15, 0.2) is 0 Å². The maximum Gasteiger partial charge on any atom is 0.376 e. The number of benzene rings is 1. The molecule has 0 aliphatic carbocycles. The van der Waals surface area contributed by atoms with Gasteiger partial charge in [-0.1, -0.05) is 26.2 Å². The van der Waals surface area contributed by atoms with Crippen molar-refractivity contribution in [1.82, 2.24) is 0 Å². The maximum absolute atomic E-state index is 11.8. The Hall–Kier alpha value is -1.39. The molecule has 0 spiro atoms. The molecule has 1 N–H and O–H groups in total. The Morgan fingerprint density at radius 3 is 2.42 bits per heavy atom. The summed E-state index contributed by atoms with van der Waals surface area (Å²) in [6, 6.07) is 5.14. The molecule has 0 saturated heterocycles. The van der Waals surface area contributed by atoms with Crippen LogP contribution in [-0.4, -0.2) is 16.0 Å². The first-order valence-corrected chi connectivity index (χ1v) is 7.97. The molecule has 1 aromatic rings. The molecule has 0 aliphatic heterocycles. The molecule has 0 heterocycles. The maximum atomic E-state index is 11.8. The van der Waals surface area contributed by atoms with Crippen molar-refractivity contribution >= 4 is 13.3 Å². The Balaban J connectivity index is 2.52. The van der Waals surface area contributed by atoms with E-state index in [-0.39, 0.29) is 17.6 Å². The third-order valence-electron chi connectivity index (χ3n) is 2.59. The lowest BCUT2D eigenvalue weighted by molar-refractivity contribution is -0.384. The van der Waals surface area contributed by atoms with E-state index in [1.54, 1.807) is 0 Å². The van der Waals surface area contributed by atoms with Crippen LogP contribution >= 0.6 is 7.60 Å². The lowest BCUT2D eigenvalue weighted by Gasteiger charge is -2.12. The van der Waals surface area contributed by atoms with Gasteiger partial charge in [0, 0.05) is 12.1 Å². The zero-order valence-corrected chi connectivity index (χ0v) is 11.7. The van der Waals surface area contributed by atoms with Crippen LogP contribution in [0.5, 0.6) is 5.75 Å². The fourth-order valence-corrected chi connectivity index (χ4v) is 2.74. The van der Waals surface area contributed by atoms with Crippen LogP contribution in [-0.2, 0) is 4.57 Å². The Morgan fingerprint density at radius 2 is 1.89 bits per heavy atom. The lowest BCUT2D eigenvalue weighted by atomic mass is 10.2. The summed E-state index contributed by atoms with van der Waals surface area (Å²) in [5, 5.41) is 10.5. The molecule has 1 atom stereocenters. The summed E-state index contributed by atoms with van der Waals surface area (Å²) in [4.78, 5) is 19.6. The molecule has 19 heavy (non-hydrogen) atoms. The molecular formula is C12H18NO5P. The van der Waals surface area contributed by atoms with E-state index < -0.39 is 12.5 Å². The highest BCUT2D eigenvalue weighted by atomic mass is 31.2. The van der Waals surface area contributed by atoms with E-state index in [0.717, 1.165) is 19.3 Å². The van der Waals surface area contributed by atoms with Crippen molar-refractivity contribution in [3.63, 3.8) is 0 Å². The van der Waals surface area contributed by atoms with Gasteiger partial charge in [-0.3, -0.25) is 10.1 Å². The highest BCUT2D eigenvalue weighted by molar-refractivity contribution is 7.53. The first-order valence-electron chi connectivity index (χ1n) is 6.20. The fraction of sp³-hybridized carbons (Fsp3) is 0.500. The highest BCUT2D eigenvalue weighted by Gasteiger charge is 2.20. The van der Waals surface area contributed by atoms with E-state index in [4.69, 9.17) is 4.52 Å². The van der Waals surface area contributed by atoms with Crippen molar-refractivity contribution in [3.05, 3.63) is 34.4 Å². The first kappa shape index (κ1) is 15.7. The Morgan fingerprint density at radius 1 is 1.26 bits per heavy atom. The molecule has 0 amide bonds. The fourth-order valence-electron chi connectivity index (χ4n) is 1.58. The Kier molecular flexibility index (Phi) is 5.99. The number of unbranched alkanes of at least 4 members (excludes halogenated alkanes) is 3. The average molecular weight is 287 g/mol. The van der Waals surface area contributed by atoms with Crippen LogP contribution in [0.15, 0.2) is 24.3 Å². The lowest BCUT2D eigenvalue weighted by Crippen LogP contribution is -1.98. The molecule has 0 bridgehead atoms. The van der Waals surface area contributed by atoms with Gasteiger partial charge in [0.05, 0.1) is 11.1 Å². The minimum Gasteiger partial charge on any atom is -0.424 e. The number of nitrogens with zero attached hydrogens (tertiary/aromatic N) is 1. The van der Waals surface area contributed by atoms with Crippen LogP contribution in [0.2, 0.25) is 0 Å². The van der Waals surface area contributed by atoms with Gasteiger partial charge in [-0.25, -0.2) is 4.57 Å². The van der Waals surface area contributed by atoms with E-state index >= 15 is 0 Å². The smallest absolute Gasteiger partial charge is 0.376 e. The van der Waals surface area contributed by atoms with E-state index in [1.807, 2.05) is 0 Å². The van der Waals surface area contributed by atoms with Crippen LogP contribution in [0.3, 0.4) is 0 Å². The van der Waals surface area contributed by atoms with Gasteiger partial charge in [0.2, 0.25) is 0 Å². The molecule has 0 saturated carbocycles. The van der Waals surface area contributed by atoms with Crippen molar-refractivity contribution in [3.8, 4) is 5.75 Å². The average Bonchev–Trinajstić information content (AvgIpc) is 2.35. The predicted molar refractivity (Wildman–Crippen MR) is 72.6 cm³/mol. The quantitative estimate of drug-likeness (QED) is 0.340. The van der Waals surface area contributed by atoms with Crippen molar-refractivity contribution in [2.24, 2.45) is 0 Å². The normalized spacial score (nSPS) is 13.8. The SMILES string of the molecule is CCCCCCP(=O)(O)Oc1ccc([N+](=O)[O-])cc1. The molecule has 7 heteroatoms. The number of non-ortho nitro benzene ring substituents is 1. The summed E-state index contributed by atoms with van der Waals surface area (Å²) < 4.78 is 16.8. The molecule has 0 aliphatic rings. The molecule has 0 aromatic heterocycles. The van der Waals surface area contributed by atoms with Crippen molar-refractivity contribution in [1.29, 1.82) is 0 Å². The third-order valence-corrected chi connectivity index (χ3v) is 3.97. The van der Waals surface area contributed by atoms with Gasteiger partial charge in [-0.05, 0) is 18.6 Å². The van der Waals surface area contributed by atoms with Crippen LogP contribution in [0.4, 0.5) is 5.69 Å². The van der Waals surface area contributed by atoms with Crippen molar-refractivity contribution in [2.75, 3.05) is 6.16 Å². The second-order valence-electron chi connectivity index (χ2n) is 4.26. The van der Waals surface area contributed by atoms with Crippen LogP contribution in [0.1, 0.15) is 32.6 Å². The summed E-state index contributed by atoms with van der Waals surface area (Å²) in [5.74, 6) is 0.173. The zero-order chi connectivity index (χ0) is 14.3. The molecular weight excluding hydrogens is 269 g/mol. The van der Waals surface area contributed by atoms with Gasteiger partial charge in [0.1, 0.15) is 5.75 Å². The number of rotatable bonds is 8. The van der Waals surface area contributed by atoms with Gasteiger partial charge < -0.3 is 9.42 Å². The molecule has 1 unspecified atom stereocenters. The van der Waals surface area contributed by atoms with Crippen LogP contribution in [0, 0.1) is 10.1 Å². The van der Waals surface area contributed by atoms with Gasteiger partial charge >= 0.3 is 7.60 Å². The topological polar surface area (TPSA) is 89.7 Å². The predicted octanol–water partition coefficient (Wildman–Crippen LogP) is 3.74. The minimum absolute atomic E-state index is 0.0805. The summed E-state index contributed by atoms with van der Waals surface area (Å²) in [6.07, 6.45) is 3.71. The molecule has 0 fully saturated rings. The third kappa shape index (κ3) is 5.85. The second-order valence-corrected chi connectivity index (χ2v) is 6.17. The summed E-state index contributed by atoms with van der Waals surface area (Å²) in [5.41, 5.74) is -0.0805. The molecule has 1 rings (SSSR count). The zero-order valence-electron chi connectivity index (χ0n) is 10.8. The van der Waals surface area contributed by atoms with Gasteiger partial charge in [0.25, 0.3) is 5.69 Å². The largest absolute Gasteiger partial charge is 0.424 e. The Labute approximate surface area is 112 Å². The molecule has 1 aromatic carbocycles. The summed E-state index contributed by atoms with van der Waals surface area (Å²) in [6.45, 7) is 2.06. The Bertz CT molecular complexity index is 460.